The molecule has 92 valence electrons. The first-order chi connectivity index (χ1) is 7.99. The van der Waals surface area contributed by atoms with E-state index in [4.69, 9.17) is 5.11 Å². The number of aliphatic carboxylic acids is 1. The van der Waals surface area contributed by atoms with Gasteiger partial charge in [-0.2, -0.15) is 5.10 Å². The number of hydrogen-bond donors (Lipinski definition) is 1. The highest BCUT2D eigenvalue weighted by Gasteiger charge is 2.35. The molecule has 2 rings (SSSR count). The van der Waals surface area contributed by atoms with Gasteiger partial charge in [-0.3, -0.25) is 14.3 Å². The minimum absolute atomic E-state index is 0.0703. The lowest BCUT2D eigenvalue weighted by atomic mass is 10.3. The van der Waals surface area contributed by atoms with Gasteiger partial charge in [-0.1, -0.05) is 0 Å². The van der Waals surface area contributed by atoms with Crippen LogP contribution in [0.15, 0.2) is 6.07 Å². The fourth-order valence-electron chi connectivity index (χ4n) is 1.71. The molecular formula is C11H15N3O3. The van der Waals surface area contributed by atoms with Crippen molar-refractivity contribution in [1.29, 1.82) is 0 Å². The lowest BCUT2D eigenvalue weighted by molar-refractivity contribution is -0.137. The first kappa shape index (κ1) is 11.6. The number of carbonyl (C=O) groups is 2. The summed E-state index contributed by atoms with van der Waals surface area (Å²) in [6.07, 6.45) is 1.76. The number of amides is 1. The maximum absolute atomic E-state index is 12.1. The second-order valence-electron chi connectivity index (χ2n) is 4.35. The van der Waals surface area contributed by atoms with Gasteiger partial charge in [0.15, 0.2) is 5.69 Å². The van der Waals surface area contributed by atoms with Gasteiger partial charge in [-0.05, 0) is 25.8 Å². The lowest BCUT2D eigenvalue weighted by Crippen LogP contribution is -2.37. The third-order valence-corrected chi connectivity index (χ3v) is 2.89. The Morgan fingerprint density at radius 2 is 2.24 bits per heavy atom. The number of aryl methyl sites for hydroxylation is 2. The molecule has 1 fully saturated rings. The Morgan fingerprint density at radius 1 is 1.59 bits per heavy atom. The van der Waals surface area contributed by atoms with Crippen molar-refractivity contribution >= 4 is 11.9 Å². The molecule has 0 aliphatic heterocycles. The van der Waals surface area contributed by atoms with Crippen LogP contribution < -0.4 is 0 Å². The second-order valence-corrected chi connectivity index (χ2v) is 4.35. The second kappa shape index (κ2) is 4.20. The van der Waals surface area contributed by atoms with E-state index < -0.39 is 5.97 Å². The van der Waals surface area contributed by atoms with E-state index in [1.54, 1.807) is 17.8 Å². The van der Waals surface area contributed by atoms with Gasteiger partial charge in [-0.25, -0.2) is 0 Å². The van der Waals surface area contributed by atoms with Crippen molar-refractivity contribution in [3.05, 3.63) is 17.5 Å². The molecule has 0 spiro atoms. The molecule has 0 saturated heterocycles. The largest absolute Gasteiger partial charge is 0.480 e. The van der Waals surface area contributed by atoms with Crippen molar-refractivity contribution in [3.63, 3.8) is 0 Å². The van der Waals surface area contributed by atoms with Crippen LogP contribution >= 0.6 is 0 Å². The molecule has 1 amide bonds. The molecule has 1 aromatic rings. The fourth-order valence-corrected chi connectivity index (χ4v) is 1.71. The van der Waals surface area contributed by atoms with E-state index in [2.05, 4.69) is 5.10 Å². The number of carboxylic acids is 1. The van der Waals surface area contributed by atoms with Crippen molar-refractivity contribution in [2.75, 3.05) is 6.54 Å². The summed E-state index contributed by atoms with van der Waals surface area (Å²) in [5.41, 5.74) is 1.19. The molecule has 0 atom stereocenters. The highest BCUT2D eigenvalue weighted by Crippen LogP contribution is 2.27. The Morgan fingerprint density at radius 3 is 2.65 bits per heavy atom. The zero-order chi connectivity index (χ0) is 12.6. The molecule has 1 aromatic heterocycles. The molecule has 0 bridgehead atoms. The van der Waals surface area contributed by atoms with Gasteiger partial charge in [0, 0.05) is 18.8 Å². The first-order valence-electron chi connectivity index (χ1n) is 5.52. The van der Waals surface area contributed by atoms with Crippen LogP contribution in [-0.4, -0.2) is 44.3 Å². The quantitative estimate of drug-likeness (QED) is 0.823. The van der Waals surface area contributed by atoms with E-state index in [1.165, 1.54) is 4.90 Å². The smallest absolute Gasteiger partial charge is 0.323 e. The minimum Gasteiger partial charge on any atom is -0.480 e. The van der Waals surface area contributed by atoms with Crippen LogP contribution in [0.2, 0.25) is 0 Å². The summed E-state index contributed by atoms with van der Waals surface area (Å²) >= 11 is 0. The van der Waals surface area contributed by atoms with E-state index >= 15 is 0 Å². The third kappa shape index (κ3) is 2.46. The van der Waals surface area contributed by atoms with Gasteiger partial charge in [0.1, 0.15) is 6.54 Å². The Balaban J connectivity index is 2.18. The molecule has 1 saturated carbocycles. The fraction of sp³-hybridized carbons (Fsp3) is 0.545. The predicted octanol–water partition coefficient (Wildman–Crippen LogP) is 0.418. The summed E-state index contributed by atoms with van der Waals surface area (Å²) in [4.78, 5) is 24.2. The zero-order valence-electron chi connectivity index (χ0n) is 9.88. The summed E-state index contributed by atoms with van der Waals surface area (Å²) in [6, 6.07) is 1.75. The summed E-state index contributed by atoms with van der Waals surface area (Å²) < 4.78 is 1.61. The van der Waals surface area contributed by atoms with Crippen LogP contribution in [0.3, 0.4) is 0 Å². The van der Waals surface area contributed by atoms with Crippen molar-refractivity contribution in [2.24, 2.45) is 7.05 Å². The van der Waals surface area contributed by atoms with E-state index in [0.29, 0.717) is 5.69 Å². The average Bonchev–Trinajstić information content (AvgIpc) is 3.02. The molecule has 0 radical (unpaired) electrons. The lowest BCUT2D eigenvalue weighted by Gasteiger charge is -2.18. The molecule has 6 heteroatoms. The van der Waals surface area contributed by atoms with E-state index in [-0.39, 0.29) is 18.5 Å². The van der Waals surface area contributed by atoms with Crippen molar-refractivity contribution in [2.45, 2.75) is 25.8 Å². The first-order valence-corrected chi connectivity index (χ1v) is 5.52. The minimum atomic E-state index is -0.988. The maximum atomic E-state index is 12.1. The topological polar surface area (TPSA) is 75.4 Å². The van der Waals surface area contributed by atoms with Crippen molar-refractivity contribution in [1.82, 2.24) is 14.7 Å². The standard InChI is InChI=1S/C11H15N3O3/c1-7-5-9(12-13(7)2)11(17)14(6-10(15)16)8-3-4-8/h5,8H,3-4,6H2,1-2H3,(H,15,16). The number of carboxylic acid groups (broad SMARTS) is 1. The van der Waals surface area contributed by atoms with Gasteiger partial charge in [0.05, 0.1) is 0 Å². The highest BCUT2D eigenvalue weighted by atomic mass is 16.4. The Labute approximate surface area is 98.8 Å². The van der Waals surface area contributed by atoms with Crippen LogP contribution in [0.1, 0.15) is 29.0 Å². The van der Waals surface area contributed by atoms with Gasteiger partial charge < -0.3 is 10.0 Å². The maximum Gasteiger partial charge on any atom is 0.323 e. The van der Waals surface area contributed by atoms with Gasteiger partial charge >= 0.3 is 5.97 Å². The summed E-state index contributed by atoms with van der Waals surface area (Å²) in [6.45, 7) is 1.60. The Bertz CT molecular complexity index is 443. The van der Waals surface area contributed by atoms with Crippen LogP contribution in [-0.2, 0) is 11.8 Å². The number of aromatic nitrogens is 2. The number of carbonyl (C=O) groups excluding carboxylic acids is 1. The molecule has 0 unspecified atom stereocenters. The average molecular weight is 237 g/mol. The van der Waals surface area contributed by atoms with Crippen molar-refractivity contribution in [3.8, 4) is 0 Å². The SMILES string of the molecule is Cc1cc(C(=O)N(CC(=O)O)C2CC2)nn1C. The van der Waals surface area contributed by atoms with Crippen molar-refractivity contribution < 1.29 is 14.7 Å². The van der Waals surface area contributed by atoms with Gasteiger partial charge in [-0.15, -0.1) is 0 Å². The van der Waals surface area contributed by atoms with Crippen LogP contribution in [0, 0.1) is 6.92 Å². The monoisotopic (exact) mass is 237 g/mol. The Hall–Kier alpha value is -1.85. The number of hydrogen-bond acceptors (Lipinski definition) is 3. The normalized spacial score (nSPS) is 14.7. The van der Waals surface area contributed by atoms with Crippen LogP contribution in [0.4, 0.5) is 0 Å². The third-order valence-electron chi connectivity index (χ3n) is 2.89. The molecule has 6 nitrogen and oxygen atoms in total. The number of rotatable bonds is 4. The molecule has 1 aliphatic rings. The molecule has 17 heavy (non-hydrogen) atoms. The zero-order valence-corrected chi connectivity index (χ0v) is 9.88. The van der Waals surface area contributed by atoms with Crippen LogP contribution in [0.5, 0.6) is 0 Å². The molecular weight excluding hydrogens is 222 g/mol. The Kier molecular flexibility index (Phi) is 2.87. The van der Waals surface area contributed by atoms with E-state index in [1.807, 2.05) is 6.92 Å². The van der Waals surface area contributed by atoms with E-state index in [9.17, 15) is 9.59 Å². The molecule has 1 aliphatic carbocycles. The number of nitrogens with zero attached hydrogens (tertiary/aromatic N) is 3. The highest BCUT2D eigenvalue weighted by molar-refractivity contribution is 5.94. The summed E-state index contributed by atoms with van der Waals surface area (Å²) in [7, 11) is 1.75. The van der Waals surface area contributed by atoms with Gasteiger partial charge in [0.25, 0.3) is 5.91 Å². The summed E-state index contributed by atoms with van der Waals surface area (Å²) in [5.74, 6) is -1.28. The van der Waals surface area contributed by atoms with Gasteiger partial charge in [0.2, 0.25) is 0 Å². The van der Waals surface area contributed by atoms with E-state index in [0.717, 1.165) is 18.5 Å². The molecule has 0 aromatic carbocycles. The summed E-state index contributed by atoms with van der Waals surface area (Å²) in [5, 5.41) is 12.9. The van der Waals surface area contributed by atoms with Crippen LogP contribution in [0.25, 0.3) is 0 Å². The molecule has 1 N–H and O–H groups in total. The molecule has 1 heterocycles. The predicted molar refractivity (Wildman–Crippen MR) is 59.6 cm³/mol.